The molecule has 0 bridgehead atoms. The van der Waals surface area contributed by atoms with E-state index in [1.54, 1.807) is 28.4 Å². The summed E-state index contributed by atoms with van der Waals surface area (Å²) in [6, 6.07) is 9.18. The van der Waals surface area contributed by atoms with Crippen molar-refractivity contribution in [2.75, 3.05) is 40.2 Å². The van der Waals surface area contributed by atoms with Crippen LogP contribution in [0.15, 0.2) is 41.4 Å². The average Bonchev–Trinajstić information content (AvgIpc) is 2.74. The van der Waals surface area contributed by atoms with Gasteiger partial charge in [0.2, 0.25) is 11.7 Å². The molecule has 0 fully saturated rings. The van der Waals surface area contributed by atoms with Crippen LogP contribution in [0.1, 0.15) is 5.56 Å². The Labute approximate surface area is 169 Å². The second-order valence-electron chi connectivity index (χ2n) is 5.87. The van der Waals surface area contributed by atoms with Crippen LogP contribution in [-0.2, 0) is 11.3 Å². The summed E-state index contributed by atoms with van der Waals surface area (Å²) in [4.78, 5) is 16.1. The Morgan fingerprint density at radius 1 is 1.00 bits per heavy atom. The number of halogens is 1. The highest BCUT2D eigenvalue weighted by atomic mass is 19.1. The lowest BCUT2D eigenvalue weighted by Gasteiger charge is -2.16. The lowest BCUT2D eigenvalue weighted by atomic mass is 10.2. The molecule has 3 N–H and O–H groups in total. The van der Waals surface area contributed by atoms with E-state index in [0.29, 0.717) is 35.4 Å². The predicted molar refractivity (Wildman–Crippen MR) is 109 cm³/mol. The molecule has 0 saturated carbocycles. The Balaban J connectivity index is 1.92. The van der Waals surface area contributed by atoms with Crippen LogP contribution in [0, 0.1) is 5.82 Å². The molecule has 0 aliphatic heterocycles. The van der Waals surface area contributed by atoms with Crippen molar-refractivity contribution in [2.24, 2.45) is 4.99 Å². The number of benzene rings is 2. The van der Waals surface area contributed by atoms with Gasteiger partial charge in [0.1, 0.15) is 5.82 Å². The van der Waals surface area contributed by atoms with Crippen LogP contribution < -0.4 is 30.2 Å². The first-order valence-corrected chi connectivity index (χ1v) is 8.79. The third kappa shape index (κ3) is 6.27. The summed E-state index contributed by atoms with van der Waals surface area (Å²) in [5, 5.41) is 8.69. The van der Waals surface area contributed by atoms with Crippen molar-refractivity contribution in [1.82, 2.24) is 10.6 Å². The van der Waals surface area contributed by atoms with Gasteiger partial charge in [-0.1, -0.05) is 0 Å². The lowest BCUT2D eigenvalue weighted by Crippen LogP contribution is -2.41. The topological polar surface area (TPSA) is 93.2 Å². The number of ether oxygens (including phenoxy) is 3. The van der Waals surface area contributed by atoms with Gasteiger partial charge in [-0.2, -0.15) is 0 Å². The van der Waals surface area contributed by atoms with Crippen LogP contribution in [-0.4, -0.2) is 46.8 Å². The highest BCUT2D eigenvalue weighted by Gasteiger charge is 2.13. The van der Waals surface area contributed by atoms with E-state index in [1.807, 2.05) is 12.1 Å². The van der Waals surface area contributed by atoms with E-state index in [0.717, 1.165) is 5.56 Å². The number of carbonyl (C=O) groups excluding carboxylic acids is 1. The molecule has 9 heteroatoms. The van der Waals surface area contributed by atoms with Gasteiger partial charge >= 0.3 is 0 Å². The van der Waals surface area contributed by atoms with Gasteiger partial charge in [-0.15, -0.1) is 0 Å². The number of rotatable bonds is 8. The van der Waals surface area contributed by atoms with Crippen molar-refractivity contribution in [1.29, 1.82) is 0 Å². The van der Waals surface area contributed by atoms with Crippen LogP contribution in [0.3, 0.4) is 0 Å². The molecule has 0 radical (unpaired) electrons. The molecule has 156 valence electrons. The molecular formula is C20H25FN4O4. The van der Waals surface area contributed by atoms with Gasteiger partial charge in [-0.3, -0.25) is 9.79 Å². The molecule has 0 atom stereocenters. The van der Waals surface area contributed by atoms with Gasteiger partial charge in [0, 0.05) is 19.3 Å². The second-order valence-corrected chi connectivity index (χ2v) is 5.87. The summed E-state index contributed by atoms with van der Waals surface area (Å²) in [6.45, 7) is 0.405. The maximum Gasteiger partial charge on any atom is 0.243 e. The van der Waals surface area contributed by atoms with Crippen molar-refractivity contribution < 1.29 is 23.4 Å². The van der Waals surface area contributed by atoms with Crippen LogP contribution in [0.25, 0.3) is 0 Å². The summed E-state index contributed by atoms with van der Waals surface area (Å²) in [5.74, 6) is 1.40. The van der Waals surface area contributed by atoms with Crippen molar-refractivity contribution in [3.63, 3.8) is 0 Å². The van der Waals surface area contributed by atoms with E-state index in [9.17, 15) is 9.18 Å². The number of hydrogen-bond donors (Lipinski definition) is 3. The molecule has 8 nitrogen and oxygen atoms in total. The van der Waals surface area contributed by atoms with E-state index < -0.39 is 0 Å². The minimum absolute atomic E-state index is 0.00763. The van der Waals surface area contributed by atoms with Gasteiger partial charge in [-0.25, -0.2) is 4.39 Å². The summed E-state index contributed by atoms with van der Waals surface area (Å²) < 4.78 is 28.9. The number of hydrogen-bond acceptors (Lipinski definition) is 5. The molecule has 2 aromatic carbocycles. The Morgan fingerprint density at radius 3 is 2.14 bits per heavy atom. The first kappa shape index (κ1) is 21.8. The molecule has 1 amide bonds. The molecule has 0 aromatic heterocycles. The fourth-order valence-corrected chi connectivity index (χ4v) is 2.55. The minimum atomic E-state index is -0.363. The summed E-state index contributed by atoms with van der Waals surface area (Å²) in [7, 11) is 6.24. The second kappa shape index (κ2) is 10.7. The predicted octanol–water partition coefficient (Wildman–Crippen LogP) is 2.16. The number of anilines is 1. The first-order valence-electron chi connectivity index (χ1n) is 8.79. The normalized spacial score (nSPS) is 10.9. The molecule has 2 rings (SSSR count). The fraction of sp³-hybridized carbons (Fsp3) is 0.300. The Morgan fingerprint density at radius 2 is 1.62 bits per heavy atom. The smallest absolute Gasteiger partial charge is 0.243 e. The molecule has 0 saturated heterocycles. The summed E-state index contributed by atoms with van der Waals surface area (Å²) in [5.41, 5.74) is 1.39. The third-order valence-electron chi connectivity index (χ3n) is 3.95. The standard InChI is InChI=1S/C20H25FN4O4/c1-22-20(24-12-18(26)25-15-7-5-14(21)6-8-15)23-11-13-9-16(27-2)19(29-4)17(10-13)28-3/h5-10H,11-12H2,1-4H3,(H,25,26)(H2,22,23,24). The summed E-state index contributed by atoms with van der Waals surface area (Å²) in [6.07, 6.45) is 0. The largest absolute Gasteiger partial charge is 0.493 e. The minimum Gasteiger partial charge on any atom is -0.493 e. The van der Waals surface area contributed by atoms with Gasteiger partial charge < -0.3 is 30.2 Å². The van der Waals surface area contributed by atoms with E-state index in [4.69, 9.17) is 14.2 Å². The molecule has 29 heavy (non-hydrogen) atoms. The number of aliphatic imine (C=N–C) groups is 1. The van der Waals surface area contributed by atoms with Crippen molar-refractivity contribution in [3.8, 4) is 17.2 Å². The molecular weight excluding hydrogens is 379 g/mol. The number of guanidine groups is 1. The van der Waals surface area contributed by atoms with Crippen LogP contribution in [0.5, 0.6) is 17.2 Å². The molecule has 0 heterocycles. The highest BCUT2D eigenvalue weighted by molar-refractivity contribution is 5.94. The maximum atomic E-state index is 12.9. The molecule has 2 aromatic rings. The quantitative estimate of drug-likeness (QED) is 0.461. The Kier molecular flexibility index (Phi) is 8.08. The van der Waals surface area contributed by atoms with Crippen LogP contribution in [0.4, 0.5) is 10.1 Å². The average molecular weight is 404 g/mol. The highest BCUT2D eigenvalue weighted by Crippen LogP contribution is 2.38. The number of carbonyl (C=O) groups is 1. The van der Waals surface area contributed by atoms with E-state index in [1.165, 1.54) is 24.3 Å². The summed E-state index contributed by atoms with van der Waals surface area (Å²) >= 11 is 0. The number of nitrogens with one attached hydrogen (secondary N) is 3. The number of nitrogens with zero attached hydrogens (tertiary/aromatic N) is 1. The fourth-order valence-electron chi connectivity index (χ4n) is 2.55. The zero-order chi connectivity index (χ0) is 21.2. The molecule has 0 unspecified atom stereocenters. The number of amides is 1. The van der Waals surface area contributed by atoms with Crippen LogP contribution in [0.2, 0.25) is 0 Å². The van der Waals surface area contributed by atoms with Gasteiger partial charge in [-0.05, 0) is 42.0 Å². The monoisotopic (exact) mass is 404 g/mol. The zero-order valence-corrected chi connectivity index (χ0v) is 16.8. The third-order valence-corrected chi connectivity index (χ3v) is 3.95. The van der Waals surface area contributed by atoms with E-state index >= 15 is 0 Å². The van der Waals surface area contributed by atoms with E-state index in [2.05, 4.69) is 20.9 Å². The Bertz CT molecular complexity index is 831. The Hall–Kier alpha value is -3.49. The van der Waals surface area contributed by atoms with Gasteiger partial charge in [0.25, 0.3) is 0 Å². The van der Waals surface area contributed by atoms with Crippen LogP contribution >= 0.6 is 0 Å². The van der Waals surface area contributed by atoms with Gasteiger partial charge in [0.15, 0.2) is 17.5 Å². The molecule has 0 aliphatic rings. The molecule has 0 aliphatic carbocycles. The first-order chi connectivity index (χ1) is 14.0. The zero-order valence-electron chi connectivity index (χ0n) is 16.8. The lowest BCUT2D eigenvalue weighted by molar-refractivity contribution is -0.115. The molecule has 0 spiro atoms. The van der Waals surface area contributed by atoms with E-state index in [-0.39, 0.29) is 18.3 Å². The maximum absolute atomic E-state index is 12.9. The van der Waals surface area contributed by atoms with Crippen molar-refractivity contribution in [3.05, 3.63) is 47.8 Å². The van der Waals surface area contributed by atoms with Crippen molar-refractivity contribution in [2.45, 2.75) is 6.54 Å². The van der Waals surface area contributed by atoms with Crippen molar-refractivity contribution >= 4 is 17.6 Å². The number of methoxy groups -OCH3 is 3. The SMILES string of the molecule is CN=C(NCC(=O)Nc1ccc(F)cc1)NCc1cc(OC)c(OC)c(OC)c1. The van der Waals surface area contributed by atoms with Gasteiger partial charge in [0.05, 0.1) is 27.9 Å².